The smallest absolute Gasteiger partial charge is 0.244 e. The number of aliphatic hydroxyl groups is 1. The van der Waals surface area contributed by atoms with Crippen LogP contribution in [0, 0.1) is 13.8 Å². The number of aliphatic hydroxyl groups excluding tert-OH is 1. The fraction of sp³-hybridized carbons (Fsp3) is 0.400. The monoisotopic (exact) mass is 286 g/mol. The van der Waals surface area contributed by atoms with Crippen LogP contribution < -0.4 is 4.72 Å². The van der Waals surface area contributed by atoms with Gasteiger partial charge in [-0.3, -0.25) is 5.10 Å². The van der Waals surface area contributed by atoms with Gasteiger partial charge in [0.15, 0.2) is 0 Å². The van der Waals surface area contributed by atoms with E-state index in [2.05, 4.69) is 19.9 Å². The molecule has 19 heavy (non-hydrogen) atoms. The SMILES string of the molecule is Cc1oc(C)c(S(=O)(=O)NCc2ncn[nH]2)c1CO. The Kier molecular flexibility index (Phi) is 3.69. The van der Waals surface area contributed by atoms with Gasteiger partial charge in [-0.05, 0) is 13.8 Å². The molecule has 0 aliphatic rings. The van der Waals surface area contributed by atoms with Crippen molar-refractivity contribution in [2.45, 2.75) is 31.9 Å². The zero-order chi connectivity index (χ0) is 14.0. The lowest BCUT2D eigenvalue weighted by Crippen LogP contribution is -2.25. The Bertz CT molecular complexity index is 660. The van der Waals surface area contributed by atoms with Gasteiger partial charge in [0.05, 0.1) is 13.2 Å². The van der Waals surface area contributed by atoms with Crippen LogP contribution in [0.25, 0.3) is 0 Å². The molecule has 0 saturated heterocycles. The molecule has 0 spiro atoms. The topological polar surface area (TPSA) is 121 Å². The highest BCUT2D eigenvalue weighted by atomic mass is 32.2. The van der Waals surface area contributed by atoms with E-state index >= 15 is 0 Å². The van der Waals surface area contributed by atoms with Crippen molar-refractivity contribution in [3.63, 3.8) is 0 Å². The fourth-order valence-corrected chi connectivity index (χ4v) is 3.22. The second-order valence-corrected chi connectivity index (χ2v) is 5.64. The Labute approximate surface area is 109 Å². The van der Waals surface area contributed by atoms with Crippen molar-refractivity contribution in [1.29, 1.82) is 0 Å². The molecule has 0 aliphatic heterocycles. The van der Waals surface area contributed by atoms with Gasteiger partial charge in [-0.25, -0.2) is 18.1 Å². The predicted molar refractivity (Wildman–Crippen MR) is 64.5 cm³/mol. The van der Waals surface area contributed by atoms with Crippen LogP contribution in [0.1, 0.15) is 22.9 Å². The number of aromatic nitrogens is 3. The van der Waals surface area contributed by atoms with E-state index in [1.54, 1.807) is 6.92 Å². The summed E-state index contributed by atoms with van der Waals surface area (Å²) in [5.41, 5.74) is 0.266. The molecule has 0 radical (unpaired) electrons. The third-order valence-corrected chi connectivity index (χ3v) is 4.24. The van der Waals surface area contributed by atoms with Crippen LogP contribution in [0.4, 0.5) is 0 Å². The van der Waals surface area contributed by atoms with E-state index in [4.69, 9.17) is 4.42 Å². The van der Waals surface area contributed by atoms with Crippen molar-refractivity contribution in [2.75, 3.05) is 0 Å². The zero-order valence-electron chi connectivity index (χ0n) is 10.5. The number of rotatable bonds is 5. The number of hydrogen-bond donors (Lipinski definition) is 3. The predicted octanol–water partition coefficient (Wildman–Crippen LogP) is -0.0147. The van der Waals surface area contributed by atoms with Gasteiger partial charge in [-0.1, -0.05) is 0 Å². The fourth-order valence-electron chi connectivity index (χ4n) is 1.80. The first-order chi connectivity index (χ1) is 8.95. The second kappa shape index (κ2) is 5.11. The molecule has 0 aliphatic carbocycles. The first kappa shape index (κ1) is 13.7. The molecule has 8 nitrogen and oxygen atoms in total. The van der Waals surface area contributed by atoms with Crippen LogP contribution in [0.15, 0.2) is 15.6 Å². The van der Waals surface area contributed by atoms with Crippen LogP contribution in [0.5, 0.6) is 0 Å². The summed E-state index contributed by atoms with van der Waals surface area (Å²) in [7, 11) is -3.78. The highest BCUT2D eigenvalue weighted by Crippen LogP contribution is 2.26. The Morgan fingerprint density at radius 1 is 1.42 bits per heavy atom. The van der Waals surface area contributed by atoms with Crippen LogP contribution in [-0.2, 0) is 23.2 Å². The van der Waals surface area contributed by atoms with Gasteiger partial charge in [0.25, 0.3) is 0 Å². The van der Waals surface area contributed by atoms with E-state index in [1.807, 2.05) is 0 Å². The zero-order valence-corrected chi connectivity index (χ0v) is 11.3. The van der Waals surface area contributed by atoms with Crippen molar-refractivity contribution in [1.82, 2.24) is 19.9 Å². The van der Waals surface area contributed by atoms with Crippen LogP contribution >= 0.6 is 0 Å². The van der Waals surface area contributed by atoms with Gasteiger partial charge >= 0.3 is 0 Å². The second-order valence-electron chi connectivity index (χ2n) is 3.94. The molecular weight excluding hydrogens is 272 g/mol. The molecule has 0 amide bonds. The molecule has 9 heteroatoms. The molecule has 2 aromatic rings. The average molecular weight is 286 g/mol. The lowest BCUT2D eigenvalue weighted by atomic mass is 10.2. The number of nitrogens with one attached hydrogen (secondary N) is 2. The van der Waals surface area contributed by atoms with Gasteiger partial charge in [0, 0.05) is 5.56 Å². The van der Waals surface area contributed by atoms with Crippen molar-refractivity contribution in [2.24, 2.45) is 0 Å². The summed E-state index contributed by atoms with van der Waals surface area (Å²) in [6, 6.07) is 0. The number of sulfonamides is 1. The van der Waals surface area contributed by atoms with E-state index in [9.17, 15) is 13.5 Å². The van der Waals surface area contributed by atoms with E-state index < -0.39 is 16.6 Å². The molecule has 2 heterocycles. The lowest BCUT2D eigenvalue weighted by molar-refractivity contribution is 0.276. The first-order valence-corrected chi connectivity index (χ1v) is 6.97. The minimum absolute atomic E-state index is 0.0170. The number of hydrogen-bond acceptors (Lipinski definition) is 6. The Morgan fingerprint density at radius 2 is 2.16 bits per heavy atom. The molecule has 0 bridgehead atoms. The Balaban J connectivity index is 2.29. The minimum Gasteiger partial charge on any atom is -0.465 e. The number of furan rings is 1. The summed E-state index contributed by atoms with van der Waals surface area (Å²) in [4.78, 5) is 3.80. The van der Waals surface area contributed by atoms with Gasteiger partial charge in [0.2, 0.25) is 10.0 Å². The molecule has 0 fully saturated rings. The number of aromatic amines is 1. The number of aryl methyl sites for hydroxylation is 2. The highest BCUT2D eigenvalue weighted by Gasteiger charge is 2.26. The van der Waals surface area contributed by atoms with Crippen LogP contribution in [0.2, 0.25) is 0 Å². The average Bonchev–Trinajstić information content (AvgIpc) is 2.94. The van der Waals surface area contributed by atoms with Gasteiger partial charge in [0.1, 0.15) is 28.6 Å². The molecule has 3 N–H and O–H groups in total. The summed E-state index contributed by atoms with van der Waals surface area (Å²) in [6.07, 6.45) is 1.29. The third kappa shape index (κ3) is 2.67. The summed E-state index contributed by atoms with van der Waals surface area (Å²) in [5.74, 6) is 1.03. The molecule has 2 rings (SSSR count). The van der Waals surface area contributed by atoms with Gasteiger partial charge in [-0.2, -0.15) is 5.10 Å². The van der Waals surface area contributed by atoms with Crippen molar-refractivity contribution in [3.8, 4) is 0 Å². The maximum absolute atomic E-state index is 12.2. The summed E-state index contributed by atoms with van der Waals surface area (Å²) < 4.78 is 32.0. The maximum Gasteiger partial charge on any atom is 0.244 e. The summed E-state index contributed by atoms with van der Waals surface area (Å²) in [5, 5.41) is 15.4. The molecule has 2 aromatic heterocycles. The van der Waals surface area contributed by atoms with E-state index in [0.29, 0.717) is 11.6 Å². The Morgan fingerprint density at radius 3 is 2.74 bits per heavy atom. The third-order valence-electron chi connectivity index (χ3n) is 2.65. The molecule has 0 atom stereocenters. The number of nitrogens with zero attached hydrogens (tertiary/aromatic N) is 2. The molecule has 104 valence electrons. The largest absolute Gasteiger partial charge is 0.465 e. The highest BCUT2D eigenvalue weighted by molar-refractivity contribution is 7.89. The first-order valence-electron chi connectivity index (χ1n) is 5.49. The van der Waals surface area contributed by atoms with E-state index in [-0.39, 0.29) is 22.8 Å². The number of H-pyrrole nitrogens is 1. The minimum atomic E-state index is -3.78. The quantitative estimate of drug-likeness (QED) is 0.710. The lowest BCUT2D eigenvalue weighted by Gasteiger charge is -2.05. The molecule has 0 aromatic carbocycles. The van der Waals surface area contributed by atoms with Crippen LogP contribution in [0.3, 0.4) is 0 Å². The van der Waals surface area contributed by atoms with Gasteiger partial charge < -0.3 is 9.52 Å². The van der Waals surface area contributed by atoms with Crippen LogP contribution in [-0.4, -0.2) is 28.7 Å². The van der Waals surface area contributed by atoms with E-state index in [1.165, 1.54) is 13.3 Å². The van der Waals surface area contributed by atoms with E-state index in [0.717, 1.165) is 0 Å². The molecular formula is C10H14N4O4S. The molecule has 0 saturated carbocycles. The van der Waals surface area contributed by atoms with Crippen molar-refractivity contribution in [3.05, 3.63) is 29.2 Å². The standard InChI is InChI=1S/C10H14N4O4S/c1-6-8(4-15)10(7(2)18-6)19(16,17)13-3-9-11-5-12-14-9/h5,13,15H,3-4H2,1-2H3,(H,11,12,14). The normalized spacial score (nSPS) is 11.9. The Hall–Kier alpha value is -1.71. The summed E-state index contributed by atoms with van der Waals surface area (Å²) >= 11 is 0. The van der Waals surface area contributed by atoms with Crippen molar-refractivity contribution < 1.29 is 17.9 Å². The van der Waals surface area contributed by atoms with Gasteiger partial charge in [-0.15, -0.1) is 0 Å². The maximum atomic E-state index is 12.2. The van der Waals surface area contributed by atoms with Crippen molar-refractivity contribution >= 4 is 10.0 Å². The molecule has 0 unspecified atom stereocenters. The summed E-state index contributed by atoms with van der Waals surface area (Å²) in [6.45, 7) is 2.72.